The number of aliphatic hydroxyl groups is 1. The number of hydrogen-bond acceptors (Lipinski definition) is 3. The first-order valence-corrected chi connectivity index (χ1v) is 7.64. The Hall–Kier alpha value is -1.62. The number of carbonyl (C=O) groups is 2. The minimum Gasteiger partial charge on any atom is -0.393 e. The van der Waals surface area contributed by atoms with E-state index < -0.39 is 0 Å². The van der Waals surface area contributed by atoms with Crippen molar-refractivity contribution in [2.45, 2.75) is 52.6 Å². The van der Waals surface area contributed by atoms with E-state index in [4.69, 9.17) is 0 Å². The molecule has 5 heteroatoms. The number of hydrogen-bond donors (Lipinski definition) is 3. The Morgan fingerprint density at radius 1 is 1.38 bits per heavy atom. The highest BCUT2D eigenvalue weighted by Gasteiger charge is 2.27. The van der Waals surface area contributed by atoms with Crippen LogP contribution < -0.4 is 5.32 Å². The van der Waals surface area contributed by atoms with Crippen LogP contribution in [0.3, 0.4) is 0 Å². The van der Waals surface area contributed by atoms with Crippen LogP contribution in [0.5, 0.6) is 0 Å². The van der Waals surface area contributed by atoms with Crippen molar-refractivity contribution in [1.29, 1.82) is 0 Å². The number of ketones is 1. The predicted octanol–water partition coefficient (Wildman–Crippen LogP) is 1.98. The van der Waals surface area contributed by atoms with Crippen LogP contribution >= 0.6 is 0 Å². The zero-order chi connectivity index (χ0) is 15.6. The van der Waals surface area contributed by atoms with Crippen molar-refractivity contribution in [3.05, 3.63) is 22.5 Å². The van der Waals surface area contributed by atoms with Gasteiger partial charge in [-0.25, -0.2) is 0 Å². The van der Waals surface area contributed by atoms with Crippen molar-refractivity contribution >= 4 is 11.7 Å². The molecular formula is C16H24N2O3. The number of carbonyl (C=O) groups excluding carboxylic acids is 2. The second-order valence-electron chi connectivity index (χ2n) is 5.86. The molecule has 0 spiro atoms. The molecule has 0 saturated heterocycles. The van der Waals surface area contributed by atoms with E-state index in [1.807, 2.05) is 13.8 Å². The molecule has 116 valence electrons. The van der Waals surface area contributed by atoms with Crippen LogP contribution in [0.1, 0.15) is 65.2 Å². The fraction of sp³-hybridized carbons (Fsp3) is 0.625. The van der Waals surface area contributed by atoms with Crippen LogP contribution in [0.15, 0.2) is 0 Å². The highest BCUT2D eigenvalue weighted by atomic mass is 16.3. The molecule has 2 unspecified atom stereocenters. The number of aryl methyl sites for hydroxylation is 1. The van der Waals surface area contributed by atoms with E-state index in [1.54, 1.807) is 0 Å². The summed E-state index contributed by atoms with van der Waals surface area (Å²) in [6.07, 6.45) is 3.10. The van der Waals surface area contributed by atoms with E-state index in [1.165, 1.54) is 6.92 Å². The van der Waals surface area contributed by atoms with Crippen molar-refractivity contribution in [3.63, 3.8) is 0 Å². The van der Waals surface area contributed by atoms with E-state index >= 15 is 0 Å². The van der Waals surface area contributed by atoms with Crippen molar-refractivity contribution in [2.24, 2.45) is 5.92 Å². The van der Waals surface area contributed by atoms with Crippen LogP contribution in [0.25, 0.3) is 0 Å². The van der Waals surface area contributed by atoms with Gasteiger partial charge in [-0.1, -0.05) is 13.3 Å². The number of Topliss-reactive ketones (excluding diaryl/α,β-unsaturated/α-hetero) is 1. The van der Waals surface area contributed by atoms with Gasteiger partial charge in [0, 0.05) is 23.7 Å². The van der Waals surface area contributed by atoms with Gasteiger partial charge < -0.3 is 15.4 Å². The van der Waals surface area contributed by atoms with Gasteiger partial charge in [-0.15, -0.1) is 0 Å². The first-order chi connectivity index (χ1) is 9.95. The van der Waals surface area contributed by atoms with E-state index in [0.717, 1.165) is 30.5 Å². The van der Waals surface area contributed by atoms with Gasteiger partial charge in [0.15, 0.2) is 5.78 Å². The third-order valence-electron chi connectivity index (χ3n) is 4.37. The number of aliphatic hydroxyl groups excluding tert-OH is 1. The highest BCUT2D eigenvalue weighted by molar-refractivity contribution is 6.02. The molecule has 1 heterocycles. The first kappa shape index (κ1) is 15.8. The molecule has 3 N–H and O–H groups in total. The van der Waals surface area contributed by atoms with Crippen molar-refractivity contribution in [3.8, 4) is 0 Å². The molecule has 0 aromatic carbocycles. The summed E-state index contributed by atoms with van der Waals surface area (Å²) in [5.41, 5.74) is 2.63. The minimum atomic E-state index is -0.311. The lowest BCUT2D eigenvalue weighted by Crippen LogP contribution is -2.33. The SMILES string of the molecule is CCc1c(C(=O)NCC2CCCC2O)[nH]c(C)c1C(C)=O. The van der Waals surface area contributed by atoms with E-state index in [-0.39, 0.29) is 23.7 Å². The highest BCUT2D eigenvalue weighted by Crippen LogP contribution is 2.25. The Balaban J connectivity index is 2.12. The maximum absolute atomic E-state index is 12.3. The first-order valence-electron chi connectivity index (χ1n) is 7.64. The van der Waals surface area contributed by atoms with E-state index in [9.17, 15) is 14.7 Å². The number of rotatable bonds is 5. The summed E-state index contributed by atoms with van der Waals surface area (Å²) in [7, 11) is 0. The molecule has 2 rings (SSSR count). The Bertz CT molecular complexity index is 548. The molecule has 1 amide bonds. The van der Waals surface area contributed by atoms with Gasteiger partial charge >= 0.3 is 0 Å². The topological polar surface area (TPSA) is 82.2 Å². The Kier molecular flexibility index (Phi) is 4.83. The standard InChI is InChI=1S/C16H24N2O3/c1-4-12-14(10(3)19)9(2)18-15(12)16(21)17-8-11-6-5-7-13(11)20/h11,13,18,20H,4-8H2,1-3H3,(H,17,21). The van der Waals surface area contributed by atoms with Gasteiger partial charge in [0.2, 0.25) is 0 Å². The summed E-state index contributed by atoms with van der Waals surface area (Å²) in [4.78, 5) is 27.1. The number of aromatic amines is 1. The lowest BCUT2D eigenvalue weighted by molar-refractivity contribution is 0.0911. The molecule has 1 aromatic rings. The molecule has 0 bridgehead atoms. The van der Waals surface area contributed by atoms with Crippen molar-refractivity contribution in [2.75, 3.05) is 6.54 Å². The minimum absolute atomic E-state index is 0.0223. The molecular weight excluding hydrogens is 268 g/mol. The largest absolute Gasteiger partial charge is 0.393 e. The van der Waals surface area contributed by atoms with Gasteiger partial charge in [0.1, 0.15) is 5.69 Å². The Morgan fingerprint density at radius 2 is 2.10 bits per heavy atom. The Labute approximate surface area is 125 Å². The van der Waals surface area contributed by atoms with Crippen LogP contribution in [0, 0.1) is 12.8 Å². The van der Waals surface area contributed by atoms with E-state index in [2.05, 4.69) is 10.3 Å². The molecule has 0 aliphatic heterocycles. The van der Waals surface area contributed by atoms with Crippen molar-refractivity contribution < 1.29 is 14.7 Å². The van der Waals surface area contributed by atoms with Crippen molar-refractivity contribution in [1.82, 2.24) is 10.3 Å². The molecule has 0 radical (unpaired) electrons. The normalized spacial score (nSPS) is 21.5. The van der Waals surface area contributed by atoms with Gasteiger partial charge in [-0.3, -0.25) is 9.59 Å². The number of nitrogens with one attached hydrogen (secondary N) is 2. The molecule has 5 nitrogen and oxygen atoms in total. The number of H-pyrrole nitrogens is 1. The third-order valence-corrected chi connectivity index (χ3v) is 4.37. The number of aromatic nitrogens is 1. The second kappa shape index (κ2) is 6.43. The fourth-order valence-corrected chi connectivity index (χ4v) is 3.27. The van der Waals surface area contributed by atoms with Crippen LogP contribution in [-0.4, -0.2) is 34.4 Å². The van der Waals surface area contributed by atoms with E-state index in [0.29, 0.717) is 24.2 Å². The molecule has 1 saturated carbocycles. The summed E-state index contributed by atoms with van der Waals surface area (Å²) in [6.45, 7) is 5.75. The monoisotopic (exact) mass is 292 g/mol. The molecule has 1 aliphatic rings. The third kappa shape index (κ3) is 3.18. The lowest BCUT2D eigenvalue weighted by Gasteiger charge is -2.15. The van der Waals surface area contributed by atoms with Crippen LogP contribution in [0.2, 0.25) is 0 Å². The zero-order valence-corrected chi connectivity index (χ0v) is 13.0. The average molecular weight is 292 g/mol. The van der Waals surface area contributed by atoms with Gasteiger partial charge in [0.05, 0.1) is 6.10 Å². The summed E-state index contributed by atoms with van der Waals surface area (Å²) in [5.74, 6) is -0.0743. The smallest absolute Gasteiger partial charge is 0.268 e. The summed E-state index contributed by atoms with van der Waals surface area (Å²) in [5, 5.41) is 12.7. The van der Waals surface area contributed by atoms with Crippen LogP contribution in [-0.2, 0) is 6.42 Å². The summed E-state index contributed by atoms with van der Waals surface area (Å²) in [6, 6.07) is 0. The van der Waals surface area contributed by atoms with Gasteiger partial charge in [-0.2, -0.15) is 0 Å². The molecule has 1 fully saturated rings. The average Bonchev–Trinajstić information content (AvgIpc) is 2.99. The summed E-state index contributed by atoms with van der Waals surface area (Å²) < 4.78 is 0. The van der Waals surface area contributed by atoms with Crippen LogP contribution in [0.4, 0.5) is 0 Å². The molecule has 21 heavy (non-hydrogen) atoms. The fourth-order valence-electron chi connectivity index (χ4n) is 3.27. The molecule has 2 atom stereocenters. The quantitative estimate of drug-likeness (QED) is 0.726. The lowest BCUT2D eigenvalue weighted by atomic mass is 10.0. The maximum Gasteiger partial charge on any atom is 0.268 e. The Morgan fingerprint density at radius 3 is 2.62 bits per heavy atom. The molecule has 1 aliphatic carbocycles. The summed E-state index contributed by atoms with van der Waals surface area (Å²) >= 11 is 0. The predicted molar refractivity (Wildman–Crippen MR) is 80.6 cm³/mol. The second-order valence-corrected chi connectivity index (χ2v) is 5.86. The van der Waals surface area contributed by atoms with Gasteiger partial charge in [-0.05, 0) is 38.7 Å². The molecule has 1 aromatic heterocycles. The maximum atomic E-state index is 12.3. The zero-order valence-electron chi connectivity index (χ0n) is 13.0. The number of amides is 1. The van der Waals surface area contributed by atoms with Gasteiger partial charge in [0.25, 0.3) is 5.91 Å².